The molecule has 2 aromatic carbocycles. The third kappa shape index (κ3) is 4.05. The number of amides is 2. The third-order valence-electron chi connectivity index (χ3n) is 2.71. The predicted octanol–water partition coefficient (Wildman–Crippen LogP) is 4.02. The van der Waals surface area contributed by atoms with Gasteiger partial charge in [-0.1, -0.05) is 6.07 Å². The monoisotopic (exact) mass is 366 g/mol. The zero-order valence-corrected chi connectivity index (χ0v) is 13.1. The largest absolute Gasteiger partial charge is 0.465 e. The standard InChI is InChI=1S/C15H12BrFN2O3/c1-22-14(20)12-8-11(5-6-13(12)16)19-15(21)18-10-4-2-3-9(17)7-10/h2-8H,1H3,(H2,18,19,21). The van der Waals surface area contributed by atoms with Gasteiger partial charge in [0, 0.05) is 15.8 Å². The van der Waals surface area contributed by atoms with Crippen LogP contribution in [0.5, 0.6) is 0 Å². The number of urea groups is 1. The van der Waals surface area contributed by atoms with Gasteiger partial charge in [-0.2, -0.15) is 0 Å². The maximum Gasteiger partial charge on any atom is 0.339 e. The summed E-state index contributed by atoms with van der Waals surface area (Å²) in [5, 5.41) is 5.05. The third-order valence-corrected chi connectivity index (χ3v) is 3.40. The lowest BCUT2D eigenvalue weighted by Gasteiger charge is -2.09. The van der Waals surface area contributed by atoms with E-state index < -0.39 is 17.8 Å². The van der Waals surface area contributed by atoms with E-state index in [-0.39, 0.29) is 5.56 Å². The Labute approximate surface area is 134 Å². The van der Waals surface area contributed by atoms with Crippen LogP contribution in [0.25, 0.3) is 0 Å². The van der Waals surface area contributed by atoms with Crippen molar-refractivity contribution >= 4 is 39.3 Å². The second kappa shape index (κ2) is 7.04. The molecular formula is C15H12BrFN2O3. The molecule has 0 spiro atoms. The first kappa shape index (κ1) is 16.0. The lowest BCUT2D eigenvalue weighted by molar-refractivity contribution is 0.0599. The van der Waals surface area contributed by atoms with Gasteiger partial charge in [-0.3, -0.25) is 0 Å². The molecule has 22 heavy (non-hydrogen) atoms. The van der Waals surface area contributed by atoms with Crippen LogP contribution in [-0.2, 0) is 4.74 Å². The molecule has 5 nitrogen and oxygen atoms in total. The first-order chi connectivity index (χ1) is 10.5. The van der Waals surface area contributed by atoms with Gasteiger partial charge in [0.2, 0.25) is 0 Å². The molecule has 0 fully saturated rings. The summed E-state index contributed by atoms with van der Waals surface area (Å²) < 4.78 is 18.2. The number of nitrogens with one attached hydrogen (secondary N) is 2. The van der Waals surface area contributed by atoms with Gasteiger partial charge in [-0.25, -0.2) is 14.0 Å². The van der Waals surface area contributed by atoms with Crippen molar-refractivity contribution in [3.8, 4) is 0 Å². The summed E-state index contributed by atoms with van der Waals surface area (Å²) in [5.74, 6) is -0.976. The van der Waals surface area contributed by atoms with Crippen LogP contribution in [0, 0.1) is 5.82 Å². The average molecular weight is 367 g/mol. The van der Waals surface area contributed by atoms with E-state index in [1.807, 2.05) is 0 Å². The second-order valence-electron chi connectivity index (χ2n) is 4.28. The van der Waals surface area contributed by atoms with E-state index in [2.05, 4.69) is 31.3 Å². The smallest absolute Gasteiger partial charge is 0.339 e. The average Bonchev–Trinajstić information content (AvgIpc) is 2.48. The molecule has 0 aliphatic heterocycles. The maximum absolute atomic E-state index is 13.0. The van der Waals surface area contributed by atoms with E-state index in [1.165, 1.54) is 31.4 Å². The Bertz CT molecular complexity index is 722. The lowest BCUT2D eigenvalue weighted by Crippen LogP contribution is -2.19. The van der Waals surface area contributed by atoms with E-state index in [0.29, 0.717) is 15.8 Å². The highest BCUT2D eigenvalue weighted by molar-refractivity contribution is 9.10. The Morgan fingerprint density at radius 3 is 2.41 bits per heavy atom. The Balaban J connectivity index is 2.10. The molecule has 0 saturated heterocycles. The number of hydrogen-bond acceptors (Lipinski definition) is 3. The van der Waals surface area contributed by atoms with Crippen molar-refractivity contribution in [3.05, 3.63) is 58.3 Å². The fourth-order valence-corrected chi connectivity index (χ4v) is 2.14. The zero-order valence-electron chi connectivity index (χ0n) is 11.5. The number of carbonyl (C=O) groups is 2. The topological polar surface area (TPSA) is 67.4 Å². The van der Waals surface area contributed by atoms with E-state index >= 15 is 0 Å². The first-order valence-electron chi connectivity index (χ1n) is 6.21. The fraction of sp³-hybridized carbons (Fsp3) is 0.0667. The van der Waals surface area contributed by atoms with E-state index in [4.69, 9.17) is 0 Å². The molecule has 0 aromatic heterocycles. The van der Waals surface area contributed by atoms with E-state index in [9.17, 15) is 14.0 Å². The SMILES string of the molecule is COC(=O)c1cc(NC(=O)Nc2cccc(F)c2)ccc1Br. The molecule has 2 amide bonds. The molecule has 0 radical (unpaired) electrons. The molecule has 0 heterocycles. The minimum Gasteiger partial charge on any atom is -0.465 e. The number of ether oxygens (including phenoxy) is 1. The van der Waals surface area contributed by atoms with Crippen LogP contribution in [0.1, 0.15) is 10.4 Å². The first-order valence-corrected chi connectivity index (χ1v) is 7.00. The minimum atomic E-state index is -0.552. The number of methoxy groups -OCH3 is 1. The van der Waals surface area contributed by atoms with Crippen molar-refractivity contribution in [2.45, 2.75) is 0 Å². The van der Waals surface area contributed by atoms with Gasteiger partial charge in [-0.15, -0.1) is 0 Å². The molecule has 114 valence electrons. The fourth-order valence-electron chi connectivity index (χ4n) is 1.73. The molecule has 0 aliphatic rings. The summed E-state index contributed by atoms with van der Waals surface area (Å²) in [6.07, 6.45) is 0. The van der Waals surface area contributed by atoms with Gasteiger partial charge in [0.25, 0.3) is 0 Å². The number of anilines is 2. The van der Waals surface area contributed by atoms with Crippen molar-refractivity contribution in [1.82, 2.24) is 0 Å². The molecule has 0 unspecified atom stereocenters. The van der Waals surface area contributed by atoms with Crippen LogP contribution >= 0.6 is 15.9 Å². The molecule has 2 rings (SSSR count). The van der Waals surface area contributed by atoms with Crippen LogP contribution in [0.4, 0.5) is 20.6 Å². The van der Waals surface area contributed by atoms with E-state index in [1.54, 1.807) is 18.2 Å². The van der Waals surface area contributed by atoms with Crippen molar-refractivity contribution < 1.29 is 18.7 Å². The van der Waals surface area contributed by atoms with Crippen molar-refractivity contribution in [2.75, 3.05) is 17.7 Å². The van der Waals surface area contributed by atoms with Gasteiger partial charge >= 0.3 is 12.0 Å². The quantitative estimate of drug-likeness (QED) is 0.806. The van der Waals surface area contributed by atoms with Crippen LogP contribution < -0.4 is 10.6 Å². The summed E-state index contributed by atoms with van der Waals surface area (Å²) in [6.45, 7) is 0. The van der Waals surface area contributed by atoms with Gasteiger partial charge < -0.3 is 15.4 Å². The van der Waals surface area contributed by atoms with Gasteiger partial charge in [0.05, 0.1) is 12.7 Å². The number of benzene rings is 2. The van der Waals surface area contributed by atoms with E-state index in [0.717, 1.165) is 0 Å². The summed E-state index contributed by atoms with van der Waals surface area (Å²) >= 11 is 3.23. The number of hydrogen-bond donors (Lipinski definition) is 2. The Kier molecular flexibility index (Phi) is 5.11. The maximum atomic E-state index is 13.0. The highest BCUT2D eigenvalue weighted by atomic mass is 79.9. The number of halogens is 2. The molecule has 0 bridgehead atoms. The van der Waals surface area contributed by atoms with Gasteiger partial charge in [0.1, 0.15) is 5.82 Å². The zero-order chi connectivity index (χ0) is 16.1. The van der Waals surface area contributed by atoms with Crippen LogP contribution in [0.2, 0.25) is 0 Å². The van der Waals surface area contributed by atoms with Crippen LogP contribution in [0.3, 0.4) is 0 Å². The van der Waals surface area contributed by atoms with Gasteiger partial charge in [-0.05, 0) is 52.3 Å². The second-order valence-corrected chi connectivity index (χ2v) is 5.13. The normalized spacial score (nSPS) is 9.95. The van der Waals surface area contributed by atoms with Crippen LogP contribution in [-0.4, -0.2) is 19.1 Å². The minimum absolute atomic E-state index is 0.283. The van der Waals surface area contributed by atoms with Crippen molar-refractivity contribution in [3.63, 3.8) is 0 Å². The van der Waals surface area contributed by atoms with Gasteiger partial charge in [0.15, 0.2) is 0 Å². The lowest BCUT2D eigenvalue weighted by atomic mass is 10.2. The number of rotatable bonds is 3. The Hall–Kier alpha value is -2.41. The van der Waals surface area contributed by atoms with Crippen molar-refractivity contribution in [1.29, 1.82) is 0 Å². The summed E-state index contributed by atoms with van der Waals surface area (Å²) in [6, 6.07) is 9.67. The van der Waals surface area contributed by atoms with Crippen molar-refractivity contribution in [2.24, 2.45) is 0 Å². The summed E-state index contributed by atoms with van der Waals surface area (Å²) in [7, 11) is 1.27. The molecule has 2 aromatic rings. The summed E-state index contributed by atoms with van der Waals surface area (Å²) in [4.78, 5) is 23.4. The Morgan fingerprint density at radius 2 is 1.77 bits per heavy atom. The Morgan fingerprint density at radius 1 is 1.09 bits per heavy atom. The number of esters is 1. The highest BCUT2D eigenvalue weighted by Gasteiger charge is 2.12. The predicted molar refractivity (Wildman–Crippen MR) is 84.5 cm³/mol. The van der Waals surface area contributed by atoms with Crippen LogP contribution in [0.15, 0.2) is 46.9 Å². The molecule has 7 heteroatoms. The summed E-state index contributed by atoms with van der Waals surface area (Å²) in [5.41, 5.74) is 1.01. The molecular weight excluding hydrogens is 355 g/mol. The number of carbonyl (C=O) groups excluding carboxylic acids is 2. The molecule has 0 aliphatic carbocycles. The highest BCUT2D eigenvalue weighted by Crippen LogP contribution is 2.22. The molecule has 2 N–H and O–H groups in total. The molecule has 0 saturated carbocycles. The molecule has 0 atom stereocenters.